The lowest BCUT2D eigenvalue weighted by Gasteiger charge is -2.33. The average Bonchev–Trinajstić information content (AvgIpc) is 3.30. The van der Waals surface area contributed by atoms with Gasteiger partial charge < -0.3 is 19.1 Å². The number of likely N-dealkylation sites (N-methyl/N-ethyl adjacent to an activating group) is 1. The van der Waals surface area contributed by atoms with Crippen LogP contribution in [0.15, 0.2) is 97.1 Å². The molecule has 5 aromatic rings. The molecule has 0 bridgehead atoms. The van der Waals surface area contributed by atoms with Crippen molar-refractivity contribution in [2.24, 2.45) is 0 Å². The van der Waals surface area contributed by atoms with E-state index < -0.39 is 0 Å². The number of ether oxygens (including phenoxy) is 3. The fourth-order valence-electron chi connectivity index (χ4n) is 5.71. The molecule has 0 aliphatic carbocycles. The number of carbonyl (C=O) groups is 2. The van der Waals surface area contributed by atoms with E-state index in [2.05, 4.69) is 4.90 Å². The van der Waals surface area contributed by atoms with Gasteiger partial charge in [0.2, 0.25) is 0 Å². The molecule has 0 N–H and O–H groups in total. The number of anilines is 1. The van der Waals surface area contributed by atoms with Gasteiger partial charge in [0.05, 0.1) is 24.2 Å². The molecule has 218 valence electrons. The Morgan fingerprint density at radius 3 is 2.47 bits per heavy atom. The molecular formula is C36H34N2O5. The molecule has 1 aliphatic rings. The highest BCUT2D eigenvalue weighted by Crippen LogP contribution is 2.32. The smallest absolute Gasteiger partial charge is 0.310 e. The Hall–Kier alpha value is -5.04. The zero-order chi connectivity index (χ0) is 29.9. The van der Waals surface area contributed by atoms with Gasteiger partial charge in [-0.15, -0.1) is 0 Å². The number of para-hydroxylation sites is 3. The first-order valence-electron chi connectivity index (χ1n) is 14.4. The lowest BCUT2D eigenvalue weighted by atomic mass is 10.1. The molecule has 1 aromatic heterocycles. The highest BCUT2D eigenvalue weighted by molar-refractivity contribution is 6.05. The molecule has 0 saturated heterocycles. The number of rotatable bonds is 8. The first-order chi connectivity index (χ1) is 20.9. The minimum Gasteiger partial charge on any atom is -0.490 e. The first-order valence-corrected chi connectivity index (χ1v) is 14.4. The molecule has 7 nitrogen and oxygen atoms in total. The van der Waals surface area contributed by atoms with Crippen LogP contribution in [0.1, 0.15) is 32.7 Å². The van der Waals surface area contributed by atoms with Gasteiger partial charge in [-0.1, -0.05) is 60.7 Å². The van der Waals surface area contributed by atoms with Crippen molar-refractivity contribution < 1.29 is 23.8 Å². The second-order valence-electron chi connectivity index (χ2n) is 10.9. The SMILES string of the molecule is Cc1cc(OC[C@@H]2CN(C)c3ccccc3O2)ccc1C(=O)n1c(C)c(CC(=O)OCc2ccccc2)c2ccccc21. The summed E-state index contributed by atoms with van der Waals surface area (Å²) in [6.45, 7) is 5.10. The van der Waals surface area contributed by atoms with Gasteiger partial charge in [0.1, 0.15) is 30.8 Å². The maximum absolute atomic E-state index is 14.0. The molecule has 1 atom stereocenters. The minimum atomic E-state index is -0.336. The summed E-state index contributed by atoms with van der Waals surface area (Å²) < 4.78 is 19.5. The topological polar surface area (TPSA) is 70.0 Å². The van der Waals surface area contributed by atoms with Crippen molar-refractivity contribution in [1.29, 1.82) is 0 Å². The summed E-state index contributed by atoms with van der Waals surface area (Å²) >= 11 is 0. The van der Waals surface area contributed by atoms with Gasteiger partial charge >= 0.3 is 5.97 Å². The van der Waals surface area contributed by atoms with E-state index >= 15 is 0 Å². The van der Waals surface area contributed by atoms with Gasteiger partial charge in [0.15, 0.2) is 0 Å². The first kappa shape index (κ1) is 28.1. The Balaban J connectivity index is 1.18. The molecule has 1 aliphatic heterocycles. The summed E-state index contributed by atoms with van der Waals surface area (Å²) in [5.41, 5.74) is 5.64. The van der Waals surface area contributed by atoms with Gasteiger partial charge in [-0.2, -0.15) is 0 Å². The fourth-order valence-corrected chi connectivity index (χ4v) is 5.71. The van der Waals surface area contributed by atoms with E-state index in [0.717, 1.165) is 44.7 Å². The third-order valence-corrected chi connectivity index (χ3v) is 7.92. The Morgan fingerprint density at radius 1 is 0.907 bits per heavy atom. The highest BCUT2D eigenvalue weighted by Gasteiger charge is 2.25. The Labute approximate surface area is 251 Å². The summed E-state index contributed by atoms with van der Waals surface area (Å²) in [4.78, 5) is 29.0. The van der Waals surface area contributed by atoms with Crippen LogP contribution in [0.2, 0.25) is 0 Å². The number of carbonyl (C=O) groups excluding carboxylic acids is 2. The molecule has 0 unspecified atom stereocenters. The van der Waals surface area contributed by atoms with Crippen LogP contribution in [0.5, 0.6) is 11.5 Å². The van der Waals surface area contributed by atoms with E-state index in [9.17, 15) is 9.59 Å². The van der Waals surface area contributed by atoms with Crippen molar-refractivity contribution in [3.63, 3.8) is 0 Å². The largest absolute Gasteiger partial charge is 0.490 e. The van der Waals surface area contributed by atoms with Gasteiger partial charge in [0, 0.05) is 23.7 Å². The van der Waals surface area contributed by atoms with Gasteiger partial charge in [0.25, 0.3) is 5.91 Å². The van der Waals surface area contributed by atoms with Crippen LogP contribution >= 0.6 is 0 Å². The third kappa shape index (κ3) is 5.84. The zero-order valence-corrected chi connectivity index (χ0v) is 24.6. The number of aromatic nitrogens is 1. The van der Waals surface area contributed by atoms with Gasteiger partial charge in [-0.05, 0) is 66.9 Å². The van der Waals surface area contributed by atoms with Crippen molar-refractivity contribution in [1.82, 2.24) is 4.57 Å². The normalized spacial score (nSPS) is 14.2. The second kappa shape index (κ2) is 12.1. The van der Waals surface area contributed by atoms with Crippen molar-refractivity contribution >= 4 is 28.5 Å². The van der Waals surface area contributed by atoms with Crippen LogP contribution < -0.4 is 14.4 Å². The Morgan fingerprint density at radius 2 is 1.65 bits per heavy atom. The summed E-state index contributed by atoms with van der Waals surface area (Å²) in [5, 5.41) is 0.863. The average molecular weight is 575 g/mol. The van der Waals surface area contributed by atoms with Crippen molar-refractivity contribution in [3.05, 3.63) is 125 Å². The fraction of sp³-hybridized carbons (Fsp3) is 0.222. The van der Waals surface area contributed by atoms with Crippen LogP contribution in [0, 0.1) is 13.8 Å². The summed E-state index contributed by atoms with van der Waals surface area (Å²) in [6.07, 6.45) is -0.0399. The Kier molecular flexibility index (Phi) is 7.88. The van der Waals surface area contributed by atoms with Crippen LogP contribution in [-0.2, 0) is 22.6 Å². The van der Waals surface area contributed by atoms with Crippen molar-refractivity contribution in [2.75, 3.05) is 25.1 Å². The quantitative estimate of drug-likeness (QED) is 0.197. The lowest BCUT2D eigenvalue weighted by Crippen LogP contribution is -2.41. The molecule has 2 heterocycles. The number of hydrogen-bond acceptors (Lipinski definition) is 6. The summed E-state index contributed by atoms with van der Waals surface area (Å²) in [6, 6.07) is 30.7. The number of nitrogens with zero attached hydrogens (tertiary/aromatic N) is 2. The minimum absolute atomic E-state index is 0.0775. The second-order valence-corrected chi connectivity index (χ2v) is 10.9. The summed E-state index contributed by atoms with van der Waals surface area (Å²) in [5.74, 6) is 1.03. The molecule has 0 saturated carbocycles. The van der Waals surface area contributed by atoms with E-state index in [1.165, 1.54) is 0 Å². The van der Waals surface area contributed by atoms with E-state index in [4.69, 9.17) is 14.2 Å². The maximum atomic E-state index is 14.0. The molecule has 43 heavy (non-hydrogen) atoms. The highest BCUT2D eigenvalue weighted by atomic mass is 16.5. The predicted molar refractivity (Wildman–Crippen MR) is 167 cm³/mol. The van der Waals surface area contributed by atoms with E-state index in [0.29, 0.717) is 24.5 Å². The molecule has 6 rings (SSSR count). The number of aryl methyl sites for hydroxylation is 1. The van der Waals surface area contributed by atoms with Crippen LogP contribution in [0.4, 0.5) is 5.69 Å². The van der Waals surface area contributed by atoms with Crippen LogP contribution in [0.3, 0.4) is 0 Å². The zero-order valence-electron chi connectivity index (χ0n) is 24.6. The maximum Gasteiger partial charge on any atom is 0.310 e. The summed E-state index contributed by atoms with van der Waals surface area (Å²) in [7, 11) is 2.05. The number of hydrogen-bond donors (Lipinski definition) is 0. The van der Waals surface area contributed by atoms with E-state index in [-0.39, 0.29) is 31.0 Å². The molecule has 0 amide bonds. The van der Waals surface area contributed by atoms with Crippen molar-refractivity contribution in [3.8, 4) is 11.5 Å². The number of fused-ring (bicyclic) bond motifs is 2. The molecule has 0 fully saturated rings. The number of benzene rings is 4. The molecule has 0 spiro atoms. The van der Waals surface area contributed by atoms with Crippen LogP contribution in [-0.4, -0.2) is 42.7 Å². The van der Waals surface area contributed by atoms with E-state index in [1.54, 1.807) is 10.6 Å². The third-order valence-electron chi connectivity index (χ3n) is 7.92. The van der Waals surface area contributed by atoms with Crippen LogP contribution in [0.25, 0.3) is 10.9 Å². The van der Waals surface area contributed by atoms with Gasteiger partial charge in [-0.3, -0.25) is 14.2 Å². The molecule has 4 aromatic carbocycles. The monoisotopic (exact) mass is 574 g/mol. The lowest BCUT2D eigenvalue weighted by molar-refractivity contribution is -0.144. The van der Waals surface area contributed by atoms with Gasteiger partial charge in [-0.25, -0.2) is 0 Å². The predicted octanol–water partition coefficient (Wildman–Crippen LogP) is 6.51. The van der Waals surface area contributed by atoms with Crippen molar-refractivity contribution in [2.45, 2.75) is 33.0 Å². The molecule has 0 radical (unpaired) electrons. The standard InChI is InChI=1S/C36H34N2O5/c1-24-19-27(41-23-28-21-37(3)33-15-9-10-16-34(33)43-28)17-18-29(24)36(40)38-25(2)31(30-13-7-8-14-32(30)38)20-35(39)42-22-26-11-5-4-6-12-26/h4-19,28H,20-23H2,1-3H3/t28-/m0/s1. The Bertz CT molecular complexity index is 1790. The molecular weight excluding hydrogens is 540 g/mol. The number of esters is 1. The molecule has 7 heteroatoms. The van der Waals surface area contributed by atoms with E-state index in [1.807, 2.05) is 112 Å².